The monoisotopic (exact) mass is 282 g/mol. The molecule has 0 unspecified atom stereocenters. The van der Waals surface area contributed by atoms with Crippen molar-refractivity contribution in [1.29, 1.82) is 0 Å². The number of nitrogens with one attached hydrogen (secondary N) is 1. The van der Waals surface area contributed by atoms with E-state index in [4.69, 9.17) is 0 Å². The van der Waals surface area contributed by atoms with Gasteiger partial charge in [0.2, 0.25) is 0 Å². The topological polar surface area (TPSA) is 31.9 Å². The number of halogens is 1. The van der Waals surface area contributed by atoms with Crippen molar-refractivity contribution in [2.24, 2.45) is 0 Å². The van der Waals surface area contributed by atoms with E-state index in [-0.39, 0.29) is 11.1 Å². The molecular weight excluding hydrogens is 265 g/mol. The molecule has 0 bridgehead atoms. The van der Waals surface area contributed by atoms with E-state index in [1.54, 1.807) is 0 Å². The van der Waals surface area contributed by atoms with Crippen molar-refractivity contribution in [1.82, 2.24) is 5.32 Å². The summed E-state index contributed by atoms with van der Waals surface area (Å²) in [4.78, 5) is 0. The highest BCUT2D eigenvalue weighted by Gasteiger charge is 2.45. The predicted octanol–water partition coefficient (Wildman–Crippen LogP) is 2.49. The van der Waals surface area contributed by atoms with E-state index in [0.717, 1.165) is 0 Å². The van der Waals surface area contributed by atoms with Crippen LogP contribution in [0.4, 0.5) is 0 Å². The Morgan fingerprint density at radius 1 is 1.08 bits per heavy atom. The number of alkyl halides is 1. The fourth-order valence-electron chi connectivity index (χ4n) is 2.39. The van der Waals surface area contributed by atoms with Gasteiger partial charge in [0.1, 0.15) is 0 Å². The average Bonchev–Trinajstić information content (AvgIpc) is 1.44. The van der Waals surface area contributed by atoms with Gasteiger partial charge in [0.25, 0.3) is 0 Å². The second-order valence-electron chi connectivity index (χ2n) is 5.13. The molecule has 0 spiro atoms. The molecule has 1 aliphatic heterocycles. The minimum absolute atomic E-state index is 0.0231. The second kappa shape index (κ2) is 2.82. The van der Waals surface area contributed by atoms with E-state index < -0.39 is 3.61 Å². The third kappa shape index (κ3) is 2.85. The molecule has 0 atom stereocenters. The third-order valence-corrected chi connectivity index (χ3v) is 2.85. The molecule has 0 aromatic rings. The fourth-order valence-corrected chi connectivity index (χ4v) is 4.29. The molecule has 1 rings (SSSR count). The van der Waals surface area contributed by atoms with E-state index in [9.17, 15) is 5.11 Å². The van der Waals surface area contributed by atoms with Gasteiger partial charge in [-0.3, -0.25) is 0 Å². The van der Waals surface area contributed by atoms with Crippen LogP contribution in [0, 0.1) is 0 Å². The fraction of sp³-hybridized carbons (Fsp3) is 1.00. The lowest BCUT2D eigenvalue weighted by Crippen LogP contribution is -2.61. The highest BCUT2D eigenvalue weighted by Crippen LogP contribution is 2.40. The Labute approximate surface area is 88.3 Å². The molecule has 0 amide bonds. The zero-order valence-electron chi connectivity index (χ0n) is 8.20. The first-order valence-electron chi connectivity index (χ1n) is 4.31. The number of hydrogen-bond acceptors (Lipinski definition) is 1. The molecule has 0 aromatic heterocycles. The molecule has 0 aromatic carbocycles. The van der Waals surface area contributed by atoms with E-state index >= 15 is 0 Å². The Morgan fingerprint density at radius 3 is 1.67 bits per heavy atom. The largest absolute Gasteiger partial charge is 0.307 e. The Morgan fingerprint density at radius 2 is 1.42 bits per heavy atom. The summed E-state index contributed by atoms with van der Waals surface area (Å²) in [6, 6.07) is 0. The molecule has 1 radical (unpaired) electrons. The van der Waals surface area contributed by atoms with Crippen LogP contribution < -0.4 is 5.32 Å². The van der Waals surface area contributed by atoms with E-state index in [0.29, 0.717) is 12.8 Å². The molecule has 71 valence electrons. The van der Waals surface area contributed by atoms with Gasteiger partial charge in [-0.15, -0.1) is 0 Å². The summed E-state index contributed by atoms with van der Waals surface area (Å²) in [6.45, 7) is 8.39. The second-order valence-corrected chi connectivity index (χ2v) is 7.10. The molecule has 0 saturated carbocycles. The summed E-state index contributed by atoms with van der Waals surface area (Å²) in [5, 5.41) is 15.4. The zero-order valence-corrected chi connectivity index (χ0v) is 10.4. The van der Waals surface area contributed by atoms with Crippen LogP contribution in [0.25, 0.3) is 0 Å². The lowest BCUT2D eigenvalue weighted by Gasteiger charge is -2.47. The van der Waals surface area contributed by atoms with Crippen LogP contribution in [0.5, 0.6) is 0 Å². The number of hydrogen-bond donors (Lipinski definition) is 1. The summed E-state index contributed by atoms with van der Waals surface area (Å²) in [5.41, 5.74) is -0.0463. The maximum Gasteiger partial charge on any atom is 0.157 e. The van der Waals surface area contributed by atoms with Crippen LogP contribution in [0.3, 0.4) is 0 Å². The van der Waals surface area contributed by atoms with Gasteiger partial charge in [-0.05, 0) is 50.3 Å². The van der Waals surface area contributed by atoms with Crippen LogP contribution in [-0.4, -0.2) is 14.7 Å². The predicted molar refractivity (Wildman–Crippen MR) is 58.0 cm³/mol. The Balaban J connectivity index is 2.81. The van der Waals surface area contributed by atoms with Crippen molar-refractivity contribution < 1.29 is 5.11 Å². The Kier molecular flexibility index (Phi) is 2.52. The third-order valence-electron chi connectivity index (χ3n) is 2.09. The molecule has 1 fully saturated rings. The molecule has 1 saturated heterocycles. The van der Waals surface area contributed by atoms with Gasteiger partial charge in [-0.1, -0.05) is 0 Å². The normalized spacial score (nSPS) is 31.5. The lowest BCUT2D eigenvalue weighted by molar-refractivity contribution is -0.0206. The summed E-state index contributed by atoms with van der Waals surface area (Å²) >= 11 is 2.05. The summed E-state index contributed by atoms with van der Waals surface area (Å²) < 4.78 is -0.796. The maximum atomic E-state index is 11.9. The molecule has 1 aliphatic rings. The minimum Gasteiger partial charge on any atom is -0.307 e. The van der Waals surface area contributed by atoms with Crippen molar-refractivity contribution in [3.8, 4) is 0 Å². The molecule has 3 heteroatoms. The van der Waals surface area contributed by atoms with Crippen LogP contribution in [0.2, 0.25) is 0 Å². The van der Waals surface area contributed by atoms with Crippen molar-refractivity contribution in [3.05, 3.63) is 0 Å². The molecule has 0 aliphatic carbocycles. The summed E-state index contributed by atoms with van der Waals surface area (Å²) in [6.07, 6.45) is 1.40. The van der Waals surface area contributed by atoms with Crippen molar-refractivity contribution >= 4 is 22.6 Å². The highest BCUT2D eigenvalue weighted by atomic mass is 127. The quantitative estimate of drug-likeness (QED) is 0.537. The molecule has 12 heavy (non-hydrogen) atoms. The number of rotatable bonds is 0. The van der Waals surface area contributed by atoms with Crippen molar-refractivity contribution in [2.75, 3.05) is 0 Å². The molecular formula is C9H17INO. The van der Waals surface area contributed by atoms with Crippen LogP contribution in [-0.2, 0) is 5.11 Å². The average molecular weight is 282 g/mol. The van der Waals surface area contributed by atoms with Crippen LogP contribution >= 0.6 is 22.6 Å². The van der Waals surface area contributed by atoms with Gasteiger partial charge < -0.3 is 5.32 Å². The van der Waals surface area contributed by atoms with Gasteiger partial charge in [0.05, 0.1) is 0 Å². The van der Waals surface area contributed by atoms with Crippen LogP contribution in [0.15, 0.2) is 0 Å². The maximum absolute atomic E-state index is 11.9. The van der Waals surface area contributed by atoms with Gasteiger partial charge in [-0.2, -0.15) is 0 Å². The van der Waals surface area contributed by atoms with Crippen molar-refractivity contribution in [2.45, 2.75) is 55.2 Å². The van der Waals surface area contributed by atoms with Crippen LogP contribution in [0.1, 0.15) is 40.5 Å². The Hall–Kier alpha value is 0.650. The van der Waals surface area contributed by atoms with E-state index in [2.05, 4.69) is 33.0 Å². The zero-order chi connectivity index (χ0) is 9.62. The first-order valence-corrected chi connectivity index (χ1v) is 5.39. The standard InChI is InChI=1S/C9H17INO/c1-7(2)5-9(10,12)6-8(3,4)11-7/h11H,5-6H2,1-4H3. The first kappa shape index (κ1) is 10.7. The van der Waals surface area contributed by atoms with Crippen molar-refractivity contribution in [3.63, 3.8) is 0 Å². The molecule has 1 N–H and O–H groups in total. The van der Waals surface area contributed by atoms with Gasteiger partial charge in [-0.25, -0.2) is 5.11 Å². The molecule has 1 heterocycles. The minimum atomic E-state index is -0.796. The highest BCUT2D eigenvalue weighted by molar-refractivity contribution is 14.1. The lowest BCUT2D eigenvalue weighted by atomic mass is 9.81. The SMILES string of the molecule is CC1(C)CC([O])(I)CC(C)(C)N1. The number of piperidine rings is 1. The van der Waals surface area contributed by atoms with Gasteiger partial charge in [0.15, 0.2) is 3.61 Å². The smallest absolute Gasteiger partial charge is 0.157 e. The van der Waals surface area contributed by atoms with E-state index in [1.807, 2.05) is 22.6 Å². The van der Waals surface area contributed by atoms with Gasteiger partial charge in [0, 0.05) is 23.9 Å². The summed E-state index contributed by atoms with van der Waals surface area (Å²) in [7, 11) is 0. The summed E-state index contributed by atoms with van der Waals surface area (Å²) in [5.74, 6) is 0. The first-order chi connectivity index (χ1) is 5.12. The van der Waals surface area contributed by atoms with Gasteiger partial charge >= 0.3 is 0 Å². The molecule has 2 nitrogen and oxygen atoms in total. The van der Waals surface area contributed by atoms with E-state index in [1.165, 1.54) is 0 Å². The Bertz CT molecular complexity index is 142.